The van der Waals surface area contributed by atoms with Gasteiger partial charge in [0.05, 0.1) is 22.7 Å². The lowest BCUT2D eigenvalue weighted by molar-refractivity contribution is -0.119. The molecule has 0 radical (unpaired) electrons. The first-order chi connectivity index (χ1) is 11.0. The van der Waals surface area contributed by atoms with Crippen LogP contribution in [-0.2, 0) is 9.53 Å². The first-order valence-corrected chi connectivity index (χ1v) is 7.32. The lowest BCUT2D eigenvalue weighted by atomic mass is 10.2. The van der Waals surface area contributed by atoms with E-state index in [4.69, 9.17) is 32.7 Å². The molecule has 0 bridgehead atoms. The van der Waals surface area contributed by atoms with E-state index in [1.807, 2.05) is 0 Å². The van der Waals surface area contributed by atoms with Gasteiger partial charge in [-0.25, -0.2) is 4.79 Å². The first kappa shape index (κ1) is 17.1. The Morgan fingerprint density at radius 3 is 2.22 bits per heavy atom. The maximum Gasteiger partial charge on any atom is 0.341 e. The van der Waals surface area contributed by atoms with E-state index < -0.39 is 18.5 Å². The second kappa shape index (κ2) is 7.85. The molecule has 120 valence electrons. The van der Waals surface area contributed by atoms with E-state index in [2.05, 4.69) is 5.32 Å². The van der Waals surface area contributed by atoms with Crippen molar-refractivity contribution in [3.8, 4) is 5.75 Å². The molecule has 0 spiro atoms. The highest BCUT2D eigenvalue weighted by atomic mass is 35.5. The molecule has 1 N–H and O–H groups in total. The quantitative estimate of drug-likeness (QED) is 0.830. The Morgan fingerprint density at radius 2 is 1.65 bits per heavy atom. The molecule has 0 aliphatic rings. The van der Waals surface area contributed by atoms with Gasteiger partial charge in [0.15, 0.2) is 6.61 Å². The normalized spacial score (nSPS) is 10.0. The summed E-state index contributed by atoms with van der Waals surface area (Å²) in [5.74, 6) is -0.569. The predicted molar refractivity (Wildman–Crippen MR) is 88.4 cm³/mol. The number of nitrogens with one attached hydrogen (secondary N) is 1. The molecule has 0 heterocycles. The van der Waals surface area contributed by atoms with Crippen LogP contribution in [-0.4, -0.2) is 25.6 Å². The molecule has 0 unspecified atom stereocenters. The van der Waals surface area contributed by atoms with E-state index in [0.717, 1.165) is 0 Å². The third-order valence-electron chi connectivity index (χ3n) is 2.88. The number of rotatable bonds is 5. The second-order valence-electron chi connectivity index (χ2n) is 4.45. The van der Waals surface area contributed by atoms with Crippen molar-refractivity contribution in [1.29, 1.82) is 0 Å². The van der Waals surface area contributed by atoms with E-state index in [1.54, 1.807) is 37.4 Å². The number of halogens is 2. The van der Waals surface area contributed by atoms with Gasteiger partial charge in [-0.1, -0.05) is 29.3 Å². The van der Waals surface area contributed by atoms with Gasteiger partial charge in [-0.15, -0.1) is 0 Å². The molecule has 2 rings (SSSR count). The average molecular weight is 354 g/mol. The Bertz CT molecular complexity index is 696. The van der Waals surface area contributed by atoms with Crippen molar-refractivity contribution in [3.05, 3.63) is 58.1 Å². The minimum atomic E-state index is -0.759. The summed E-state index contributed by atoms with van der Waals surface area (Å²) in [5, 5.41) is 2.92. The molecule has 2 aromatic carbocycles. The van der Waals surface area contributed by atoms with Crippen LogP contribution in [0.1, 0.15) is 10.4 Å². The Morgan fingerprint density at radius 1 is 1.04 bits per heavy atom. The number of amides is 1. The van der Waals surface area contributed by atoms with E-state index in [0.29, 0.717) is 11.4 Å². The standard InChI is InChI=1S/C16H13Cl2NO4/c1-22-11-7-5-10(6-8-11)19-14(20)9-23-16(21)15-12(17)3-2-4-13(15)18/h2-8H,9H2,1H3,(H,19,20). The number of carbonyl (C=O) groups excluding carboxylic acids is 2. The van der Waals surface area contributed by atoms with Gasteiger partial charge < -0.3 is 14.8 Å². The van der Waals surface area contributed by atoms with Crippen molar-refractivity contribution in [2.45, 2.75) is 0 Å². The number of anilines is 1. The number of hydrogen-bond acceptors (Lipinski definition) is 4. The summed E-state index contributed by atoms with van der Waals surface area (Å²) in [7, 11) is 1.55. The molecule has 1 amide bonds. The summed E-state index contributed by atoms with van der Waals surface area (Å²) >= 11 is 11.8. The maximum absolute atomic E-state index is 11.9. The molecule has 0 aliphatic heterocycles. The molecule has 23 heavy (non-hydrogen) atoms. The number of esters is 1. The summed E-state index contributed by atoms with van der Waals surface area (Å²) in [6.45, 7) is -0.452. The predicted octanol–water partition coefficient (Wildman–Crippen LogP) is 3.80. The molecular formula is C16H13Cl2NO4. The fraction of sp³-hybridized carbons (Fsp3) is 0.125. The van der Waals surface area contributed by atoms with Crippen molar-refractivity contribution >= 4 is 40.8 Å². The fourth-order valence-corrected chi connectivity index (χ4v) is 2.32. The highest BCUT2D eigenvalue weighted by molar-refractivity contribution is 6.39. The summed E-state index contributed by atoms with van der Waals surface area (Å²) in [6, 6.07) is 11.4. The molecule has 0 saturated heterocycles. The highest BCUT2D eigenvalue weighted by Crippen LogP contribution is 2.24. The first-order valence-electron chi connectivity index (χ1n) is 6.56. The van der Waals surface area contributed by atoms with E-state index >= 15 is 0 Å². The van der Waals surface area contributed by atoms with Gasteiger partial charge >= 0.3 is 5.97 Å². The molecule has 0 aliphatic carbocycles. The van der Waals surface area contributed by atoms with Crippen LogP contribution in [0.3, 0.4) is 0 Å². The topological polar surface area (TPSA) is 64.6 Å². The zero-order valence-corrected chi connectivity index (χ0v) is 13.6. The van der Waals surface area contributed by atoms with Crippen molar-refractivity contribution in [3.63, 3.8) is 0 Å². The van der Waals surface area contributed by atoms with E-state index in [-0.39, 0.29) is 15.6 Å². The highest BCUT2D eigenvalue weighted by Gasteiger charge is 2.17. The molecule has 0 fully saturated rings. The Balaban J connectivity index is 1.92. The minimum Gasteiger partial charge on any atom is -0.497 e. The van der Waals surface area contributed by atoms with Gasteiger partial charge in [0.1, 0.15) is 5.75 Å². The number of methoxy groups -OCH3 is 1. The van der Waals surface area contributed by atoms with Crippen LogP contribution >= 0.6 is 23.2 Å². The van der Waals surface area contributed by atoms with Crippen molar-refractivity contribution in [1.82, 2.24) is 0 Å². The van der Waals surface area contributed by atoms with Crippen LogP contribution in [0, 0.1) is 0 Å². The van der Waals surface area contributed by atoms with E-state index in [9.17, 15) is 9.59 Å². The summed E-state index contributed by atoms with van der Waals surface area (Å²) < 4.78 is 9.94. The monoisotopic (exact) mass is 353 g/mol. The zero-order chi connectivity index (χ0) is 16.8. The number of ether oxygens (including phenoxy) is 2. The smallest absolute Gasteiger partial charge is 0.341 e. The largest absolute Gasteiger partial charge is 0.497 e. The van der Waals surface area contributed by atoms with Gasteiger partial charge in [0.25, 0.3) is 5.91 Å². The molecule has 5 nitrogen and oxygen atoms in total. The molecule has 0 atom stereocenters. The molecule has 0 aromatic heterocycles. The zero-order valence-electron chi connectivity index (χ0n) is 12.1. The number of benzene rings is 2. The van der Waals surface area contributed by atoms with Crippen molar-refractivity contribution < 1.29 is 19.1 Å². The van der Waals surface area contributed by atoms with E-state index in [1.165, 1.54) is 12.1 Å². The Labute approximate surface area is 143 Å². The van der Waals surface area contributed by atoms with Crippen LogP contribution in [0.5, 0.6) is 5.75 Å². The van der Waals surface area contributed by atoms with Crippen LogP contribution in [0.25, 0.3) is 0 Å². The van der Waals surface area contributed by atoms with Gasteiger partial charge in [-0.2, -0.15) is 0 Å². The van der Waals surface area contributed by atoms with Gasteiger partial charge in [-0.05, 0) is 36.4 Å². The average Bonchev–Trinajstić information content (AvgIpc) is 2.53. The summed E-state index contributed by atoms with van der Waals surface area (Å²) in [4.78, 5) is 23.7. The third kappa shape index (κ3) is 4.61. The van der Waals surface area contributed by atoms with Crippen LogP contribution in [0.4, 0.5) is 5.69 Å². The molecule has 7 heteroatoms. The van der Waals surface area contributed by atoms with Gasteiger partial charge in [0.2, 0.25) is 0 Å². The van der Waals surface area contributed by atoms with Gasteiger partial charge in [-0.3, -0.25) is 4.79 Å². The van der Waals surface area contributed by atoms with Crippen LogP contribution in [0.2, 0.25) is 10.0 Å². The SMILES string of the molecule is COc1ccc(NC(=O)COC(=O)c2c(Cl)cccc2Cl)cc1. The lowest BCUT2D eigenvalue weighted by Gasteiger charge is -2.09. The third-order valence-corrected chi connectivity index (χ3v) is 3.50. The van der Waals surface area contributed by atoms with Gasteiger partial charge in [0, 0.05) is 5.69 Å². The second-order valence-corrected chi connectivity index (χ2v) is 5.26. The molecule has 2 aromatic rings. The lowest BCUT2D eigenvalue weighted by Crippen LogP contribution is -2.21. The molecule has 0 saturated carbocycles. The number of hydrogen-bond donors (Lipinski definition) is 1. The van der Waals surface area contributed by atoms with Crippen molar-refractivity contribution in [2.24, 2.45) is 0 Å². The minimum absolute atomic E-state index is 0.0353. The Hall–Kier alpha value is -2.24. The van der Waals surface area contributed by atoms with Crippen LogP contribution < -0.4 is 10.1 Å². The molecular weight excluding hydrogens is 341 g/mol. The van der Waals surface area contributed by atoms with Crippen LogP contribution in [0.15, 0.2) is 42.5 Å². The fourth-order valence-electron chi connectivity index (χ4n) is 1.77. The Kier molecular flexibility index (Phi) is 5.84. The summed E-state index contributed by atoms with van der Waals surface area (Å²) in [6.07, 6.45) is 0. The maximum atomic E-state index is 11.9. The number of carbonyl (C=O) groups is 2. The van der Waals surface area contributed by atoms with Crippen molar-refractivity contribution in [2.75, 3.05) is 19.0 Å². The summed E-state index contributed by atoms with van der Waals surface area (Å²) in [5.41, 5.74) is 0.593.